The number of carbonyl (C=O) groups excluding carboxylic acids is 1. The SMILES string of the molecule is O=C1NCCCC1n1c(CCCl)nc2ccccc21. The lowest BCUT2D eigenvalue weighted by Crippen LogP contribution is -2.38. The minimum absolute atomic E-state index is 0.0882. The number of hydrogen-bond donors (Lipinski definition) is 1. The van der Waals surface area contributed by atoms with E-state index < -0.39 is 0 Å². The number of carbonyl (C=O) groups is 1. The quantitative estimate of drug-likeness (QED) is 0.875. The zero-order chi connectivity index (χ0) is 13.2. The Morgan fingerprint density at radius 2 is 2.26 bits per heavy atom. The van der Waals surface area contributed by atoms with Crippen molar-refractivity contribution in [2.45, 2.75) is 25.3 Å². The maximum atomic E-state index is 12.1. The number of piperidine rings is 1. The van der Waals surface area contributed by atoms with Gasteiger partial charge in [-0.2, -0.15) is 0 Å². The molecule has 1 aliphatic rings. The molecule has 4 nitrogen and oxygen atoms in total. The highest BCUT2D eigenvalue weighted by molar-refractivity contribution is 6.17. The summed E-state index contributed by atoms with van der Waals surface area (Å²) in [5, 5.41) is 2.93. The number of rotatable bonds is 3. The summed E-state index contributed by atoms with van der Waals surface area (Å²) in [6.45, 7) is 0.771. The fraction of sp³-hybridized carbons (Fsp3) is 0.429. The molecule has 1 fully saturated rings. The summed E-state index contributed by atoms with van der Waals surface area (Å²) in [7, 11) is 0. The molecule has 0 bridgehead atoms. The van der Waals surface area contributed by atoms with Crippen LogP contribution in [-0.2, 0) is 11.2 Å². The van der Waals surface area contributed by atoms with Crippen LogP contribution in [0, 0.1) is 0 Å². The van der Waals surface area contributed by atoms with Crippen LogP contribution < -0.4 is 5.32 Å². The molecule has 5 heteroatoms. The molecule has 0 saturated carbocycles. The van der Waals surface area contributed by atoms with E-state index >= 15 is 0 Å². The molecule has 1 unspecified atom stereocenters. The third-order valence-electron chi connectivity index (χ3n) is 3.55. The molecule has 1 aromatic carbocycles. The van der Waals surface area contributed by atoms with E-state index in [1.165, 1.54) is 0 Å². The lowest BCUT2D eigenvalue weighted by molar-refractivity contribution is -0.125. The van der Waals surface area contributed by atoms with Crippen molar-refractivity contribution in [3.8, 4) is 0 Å². The molecule has 1 amide bonds. The molecule has 3 rings (SSSR count). The number of nitrogens with zero attached hydrogens (tertiary/aromatic N) is 2. The van der Waals surface area contributed by atoms with Crippen LogP contribution in [0.3, 0.4) is 0 Å². The van der Waals surface area contributed by atoms with Crippen LogP contribution in [0.15, 0.2) is 24.3 Å². The summed E-state index contributed by atoms with van der Waals surface area (Å²) >= 11 is 5.86. The van der Waals surface area contributed by atoms with E-state index in [1.807, 2.05) is 24.3 Å². The number of alkyl halides is 1. The highest BCUT2D eigenvalue weighted by Gasteiger charge is 2.27. The molecular formula is C14H16ClN3O. The van der Waals surface area contributed by atoms with Gasteiger partial charge in [-0.3, -0.25) is 4.79 Å². The Kier molecular flexibility index (Phi) is 3.42. The van der Waals surface area contributed by atoms with E-state index in [9.17, 15) is 4.79 Å². The van der Waals surface area contributed by atoms with E-state index in [0.29, 0.717) is 12.3 Å². The average Bonchev–Trinajstić information content (AvgIpc) is 2.78. The Bertz CT molecular complexity index is 608. The fourth-order valence-corrected chi connectivity index (χ4v) is 2.87. The van der Waals surface area contributed by atoms with E-state index in [0.717, 1.165) is 36.2 Å². The maximum absolute atomic E-state index is 12.1. The van der Waals surface area contributed by atoms with Gasteiger partial charge < -0.3 is 9.88 Å². The number of amides is 1. The molecule has 1 N–H and O–H groups in total. The summed E-state index contributed by atoms with van der Waals surface area (Å²) in [6.07, 6.45) is 2.55. The van der Waals surface area contributed by atoms with Gasteiger partial charge >= 0.3 is 0 Å². The van der Waals surface area contributed by atoms with Crippen molar-refractivity contribution >= 4 is 28.5 Å². The Morgan fingerprint density at radius 1 is 1.42 bits per heavy atom. The first-order valence-electron chi connectivity index (χ1n) is 6.61. The first-order chi connectivity index (χ1) is 9.31. The van der Waals surface area contributed by atoms with Crippen LogP contribution in [0.25, 0.3) is 11.0 Å². The Morgan fingerprint density at radius 3 is 3.05 bits per heavy atom. The van der Waals surface area contributed by atoms with Gasteiger partial charge in [0, 0.05) is 18.8 Å². The predicted octanol–water partition coefficient (Wildman–Crippen LogP) is 2.27. The van der Waals surface area contributed by atoms with Crippen LogP contribution in [0.2, 0.25) is 0 Å². The number of nitrogens with one attached hydrogen (secondary N) is 1. The molecule has 0 aliphatic carbocycles. The predicted molar refractivity (Wildman–Crippen MR) is 75.4 cm³/mol. The van der Waals surface area contributed by atoms with Crippen molar-refractivity contribution in [1.82, 2.24) is 14.9 Å². The minimum atomic E-state index is -0.153. The first-order valence-corrected chi connectivity index (χ1v) is 7.14. The molecule has 1 aliphatic heterocycles. The number of hydrogen-bond acceptors (Lipinski definition) is 2. The zero-order valence-electron chi connectivity index (χ0n) is 10.6. The van der Waals surface area contributed by atoms with Gasteiger partial charge in [-0.05, 0) is 25.0 Å². The molecule has 100 valence electrons. The van der Waals surface area contributed by atoms with E-state index in [-0.39, 0.29) is 11.9 Å². The van der Waals surface area contributed by atoms with Crippen molar-refractivity contribution in [2.24, 2.45) is 0 Å². The van der Waals surface area contributed by atoms with Gasteiger partial charge in [-0.25, -0.2) is 4.98 Å². The van der Waals surface area contributed by atoms with Crippen LogP contribution in [0.5, 0.6) is 0 Å². The molecule has 1 saturated heterocycles. The summed E-state index contributed by atoms with van der Waals surface area (Å²) in [5.74, 6) is 1.50. The maximum Gasteiger partial charge on any atom is 0.243 e. The van der Waals surface area contributed by atoms with Gasteiger partial charge in [0.1, 0.15) is 11.9 Å². The molecule has 2 aromatic rings. The Hall–Kier alpha value is -1.55. The van der Waals surface area contributed by atoms with Crippen molar-refractivity contribution < 1.29 is 4.79 Å². The Balaban J connectivity index is 2.13. The van der Waals surface area contributed by atoms with Gasteiger partial charge in [0.05, 0.1) is 11.0 Å². The summed E-state index contributed by atoms with van der Waals surface area (Å²) in [4.78, 5) is 16.7. The number of aryl methyl sites for hydroxylation is 1. The largest absolute Gasteiger partial charge is 0.354 e. The monoisotopic (exact) mass is 277 g/mol. The van der Waals surface area contributed by atoms with Crippen LogP contribution in [0.1, 0.15) is 24.7 Å². The molecular weight excluding hydrogens is 262 g/mol. The number of benzene rings is 1. The van der Waals surface area contributed by atoms with E-state index in [4.69, 9.17) is 11.6 Å². The number of fused-ring (bicyclic) bond motifs is 1. The zero-order valence-corrected chi connectivity index (χ0v) is 11.4. The third kappa shape index (κ3) is 2.21. The van der Waals surface area contributed by atoms with Gasteiger partial charge in [0.25, 0.3) is 0 Å². The van der Waals surface area contributed by atoms with Crippen molar-refractivity contribution in [3.05, 3.63) is 30.1 Å². The molecule has 0 radical (unpaired) electrons. The average molecular weight is 278 g/mol. The van der Waals surface area contributed by atoms with E-state index in [1.54, 1.807) is 0 Å². The van der Waals surface area contributed by atoms with Crippen LogP contribution in [0.4, 0.5) is 0 Å². The molecule has 1 aromatic heterocycles. The second-order valence-corrected chi connectivity index (χ2v) is 5.15. The van der Waals surface area contributed by atoms with Gasteiger partial charge in [-0.15, -0.1) is 11.6 Å². The van der Waals surface area contributed by atoms with Crippen molar-refractivity contribution in [2.75, 3.05) is 12.4 Å². The standard InChI is InChI=1S/C14H16ClN3O/c15-8-7-13-17-10-4-1-2-5-11(10)18(13)12-6-3-9-16-14(12)19/h1-2,4-5,12H,3,6-9H2,(H,16,19). The van der Waals surface area contributed by atoms with Gasteiger partial charge in [0.15, 0.2) is 0 Å². The fourth-order valence-electron chi connectivity index (χ4n) is 2.71. The van der Waals surface area contributed by atoms with Crippen molar-refractivity contribution in [1.29, 1.82) is 0 Å². The topological polar surface area (TPSA) is 46.9 Å². The lowest BCUT2D eigenvalue weighted by Gasteiger charge is -2.25. The van der Waals surface area contributed by atoms with Crippen LogP contribution in [-0.4, -0.2) is 27.9 Å². The smallest absolute Gasteiger partial charge is 0.243 e. The van der Waals surface area contributed by atoms with Crippen LogP contribution >= 0.6 is 11.6 Å². The number of para-hydroxylation sites is 2. The second kappa shape index (κ2) is 5.21. The summed E-state index contributed by atoms with van der Waals surface area (Å²) < 4.78 is 2.06. The highest BCUT2D eigenvalue weighted by Crippen LogP contribution is 2.26. The highest BCUT2D eigenvalue weighted by atomic mass is 35.5. The van der Waals surface area contributed by atoms with Gasteiger partial charge in [0.2, 0.25) is 5.91 Å². The molecule has 2 heterocycles. The summed E-state index contributed by atoms with van der Waals surface area (Å²) in [5.41, 5.74) is 1.95. The third-order valence-corrected chi connectivity index (χ3v) is 3.74. The first kappa shape index (κ1) is 12.5. The van der Waals surface area contributed by atoms with E-state index in [2.05, 4.69) is 14.9 Å². The summed E-state index contributed by atoms with van der Waals surface area (Å²) in [6, 6.07) is 7.78. The second-order valence-electron chi connectivity index (χ2n) is 4.77. The molecule has 19 heavy (non-hydrogen) atoms. The normalized spacial score (nSPS) is 19.6. The van der Waals surface area contributed by atoms with Gasteiger partial charge in [-0.1, -0.05) is 12.1 Å². The number of imidazole rings is 1. The number of aromatic nitrogens is 2. The molecule has 1 atom stereocenters. The molecule has 0 spiro atoms. The number of halogens is 1. The van der Waals surface area contributed by atoms with Crippen molar-refractivity contribution in [3.63, 3.8) is 0 Å². The minimum Gasteiger partial charge on any atom is -0.354 e. The Labute approximate surface area is 116 Å². The lowest BCUT2D eigenvalue weighted by atomic mass is 10.1.